The van der Waals surface area contributed by atoms with Crippen LogP contribution in [0.3, 0.4) is 0 Å². The monoisotopic (exact) mass is 408 g/mol. The number of rotatable bonds is 4. The van der Waals surface area contributed by atoms with Crippen LogP contribution < -0.4 is 4.90 Å². The summed E-state index contributed by atoms with van der Waals surface area (Å²) in [5.41, 5.74) is 1.36. The van der Waals surface area contributed by atoms with E-state index in [9.17, 15) is 9.59 Å². The summed E-state index contributed by atoms with van der Waals surface area (Å²) in [5, 5.41) is 0. The highest BCUT2D eigenvalue weighted by Crippen LogP contribution is 2.34. The first-order chi connectivity index (χ1) is 14.5. The van der Waals surface area contributed by atoms with Crippen molar-refractivity contribution in [3.05, 3.63) is 48.0 Å². The molecule has 0 radical (unpaired) electrons. The van der Waals surface area contributed by atoms with E-state index in [1.165, 1.54) is 6.42 Å². The molecule has 0 bridgehead atoms. The van der Waals surface area contributed by atoms with Gasteiger partial charge in [-0.25, -0.2) is 9.97 Å². The fourth-order valence-electron chi connectivity index (χ4n) is 4.34. The number of aromatic nitrogens is 3. The molecular formula is C22H28N6O2. The van der Waals surface area contributed by atoms with E-state index in [2.05, 4.69) is 14.9 Å². The minimum atomic E-state index is -0.329. The molecule has 158 valence electrons. The molecule has 2 aromatic heterocycles. The molecule has 4 rings (SSSR count). The predicted molar refractivity (Wildman–Crippen MR) is 113 cm³/mol. The van der Waals surface area contributed by atoms with E-state index >= 15 is 0 Å². The summed E-state index contributed by atoms with van der Waals surface area (Å²) in [7, 11) is 3.51. The Morgan fingerprint density at radius 3 is 2.57 bits per heavy atom. The van der Waals surface area contributed by atoms with Crippen LogP contribution >= 0.6 is 0 Å². The molecule has 2 atom stereocenters. The van der Waals surface area contributed by atoms with Gasteiger partial charge in [0.25, 0.3) is 5.91 Å². The maximum Gasteiger partial charge on any atom is 0.255 e. The lowest BCUT2D eigenvalue weighted by atomic mass is 9.91. The lowest BCUT2D eigenvalue weighted by Gasteiger charge is -2.27. The summed E-state index contributed by atoms with van der Waals surface area (Å²) in [6.45, 7) is 2.74. The SMILES string of the molecule is CN(C)C(=O)[C@H]1CN(C(=O)c2cccnc2)C[C@@H]1c1ccnc(N2CCCCC2)n1. The lowest BCUT2D eigenvalue weighted by Crippen LogP contribution is -2.35. The normalized spacial score (nSPS) is 21.5. The number of carbonyl (C=O) groups excluding carboxylic acids is 2. The van der Waals surface area contributed by atoms with E-state index < -0.39 is 0 Å². The Labute approximate surface area is 176 Å². The Balaban J connectivity index is 1.61. The molecule has 2 aliphatic heterocycles. The highest BCUT2D eigenvalue weighted by atomic mass is 16.2. The van der Waals surface area contributed by atoms with Crippen LogP contribution in [0.1, 0.15) is 41.2 Å². The van der Waals surface area contributed by atoms with Crippen LogP contribution in [0.25, 0.3) is 0 Å². The summed E-state index contributed by atoms with van der Waals surface area (Å²) >= 11 is 0. The number of likely N-dealkylation sites (tertiary alicyclic amines) is 1. The van der Waals surface area contributed by atoms with Crippen molar-refractivity contribution in [2.45, 2.75) is 25.2 Å². The van der Waals surface area contributed by atoms with Gasteiger partial charge in [-0.15, -0.1) is 0 Å². The zero-order chi connectivity index (χ0) is 21.1. The number of anilines is 1. The third-order valence-electron chi connectivity index (χ3n) is 5.96. The molecule has 8 nitrogen and oxygen atoms in total. The fraction of sp³-hybridized carbons (Fsp3) is 0.500. The standard InChI is InChI=1S/C22H28N6O2/c1-26(2)21(30)18-15-28(20(29)16-7-6-9-23-13-16)14-17(18)19-8-10-24-22(25-19)27-11-4-3-5-12-27/h6-10,13,17-18H,3-5,11-12,14-15H2,1-2H3/t17-,18-/m0/s1. The Morgan fingerprint density at radius 2 is 1.87 bits per heavy atom. The van der Waals surface area contributed by atoms with Crippen molar-refractivity contribution in [2.24, 2.45) is 5.92 Å². The number of pyridine rings is 1. The van der Waals surface area contributed by atoms with Gasteiger partial charge in [0, 0.05) is 64.8 Å². The van der Waals surface area contributed by atoms with Crippen molar-refractivity contribution in [3.63, 3.8) is 0 Å². The van der Waals surface area contributed by atoms with Crippen LogP contribution in [0.2, 0.25) is 0 Å². The quantitative estimate of drug-likeness (QED) is 0.767. The van der Waals surface area contributed by atoms with Gasteiger partial charge in [-0.05, 0) is 37.5 Å². The fourth-order valence-corrected chi connectivity index (χ4v) is 4.34. The molecule has 0 aliphatic carbocycles. The summed E-state index contributed by atoms with van der Waals surface area (Å²) in [5.74, 6) is 0.143. The molecule has 0 saturated carbocycles. The molecule has 2 aliphatic rings. The molecule has 30 heavy (non-hydrogen) atoms. The Bertz CT molecular complexity index is 898. The lowest BCUT2D eigenvalue weighted by molar-refractivity contribution is -0.132. The Kier molecular flexibility index (Phi) is 5.92. The molecule has 0 unspecified atom stereocenters. The first-order valence-corrected chi connectivity index (χ1v) is 10.5. The number of nitrogens with zero attached hydrogens (tertiary/aromatic N) is 6. The molecule has 2 fully saturated rings. The third kappa shape index (κ3) is 4.13. The number of hydrogen-bond donors (Lipinski definition) is 0. The summed E-state index contributed by atoms with van der Waals surface area (Å²) in [6.07, 6.45) is 8.51. The summed E-state index contributed by atoms with van der Waals surface area (Å²) in [6, 6.07) is 5.38. The van der Waals surface area contributed by atoms with Gasteiger partial charge in [-0.2, -0.15) is 0 Å². The van der Waals surface area contributed by atoms with Crippen molar-refractivity contribution in [1.82, 2.24) is 24.8 Å². The Hall–Kier alpha value is -3.03. The van der Waals surface area contributed by atoms with Gasteiger partial charge in [0.15, 0.2) is 0 Å². The van der Waals surface area contributed by atoms with Gasteiger partial charge in [0.2, 0.25) is 11.9 Å². The topological polar surface area (TPSA) is 82.5 Å². The van der Waals surface area contributed by atoms with Gasteiger partial charge in [-0.3, -0.25) is 14.6 Å². The van der Waals surface area contributed by atoms with E-state index in [0.29, 0.717) is 18.7 Å². The van der Waals surface area contributed by atoms with E-state index in [4.69, 9.17) is 4.98 Å². The van der Waals surface area contributed by atoms with Gasteiger partial charge in [-0.1, -0.05) is 0 Å². The molecule has 2 saturated heterocycles. The summed E-state index contributed by atoms with van der Waals surface area (Å²) < 4.78 is 0. The predicted octanol–water partition coefficient (Wildman–Crippen LogP) is 1.81. The van der Waals surface area contributed by atoms with Crippen LogP contribution in [0.4, 0.5) is 5.95 Å². The van der Waals surface area contributed by atoms with E-state index in [-0.39, 0.29) is 23.7 Å². The molecule has 0 aromatic carbocycles. The maximum atomic E-state index is 13.0. The van der Waals surface area contributed by atoms with Crippen LogP contribution in [-0.2, 0) is 4.79 Å². The zero-order valence-electron chi connectivity index (χ0n) is 17.6. The van der Waals surface area contributed by atoms with Gasteiger partial charge in [0.1, 0.15) is 0 Å². The zero-order valence-corrected chi connectivity index (χ0v) is 17.6. The van der Waals surface area contributed by atoms with Crippen molar-refractivity contribution in [3.8, 4) is 0 Å². The molecule has 2 amide bonds. The highest BCUT2D eigenvalue weighted by Gasteiger charge is 2.42. The van der Waals surface area contributed by atoms with Crippen LogP contribution in [0.15, 0.2) is 36.8 Å². The van der Waals surface area contributed by atoms with Gasteiger partial charge >= 0.3 is 0 Å². The van der Waals surface area contributed by atoms with Crippen molar-refractivity contribution >= 4 is 17.8 Å². The largest absolute Gasteiger partial charge is 0.349 e. The average molecular weight is 409 g/mol. The third-order valence-corrected chi connectivity index (χ3v) is 5.96. The first kappa shape index (κ1) is 20.3. The van der Waals surface area contributed by atoms with Crippen molar-refractivity contribution in [2.75, 3.05) is 45.2 Å². The smallest absolute Gasteiger partial charge is 0.255 e. The maximum absolute atomic E-state index is 13.0. The molecule has 4 heterocycles. The second-order valence-electron chi connectivity index (χ2n) is 8.23. The summed E-state index contributed by atoms with van der Waals surface area (Å²) in [4.78, 5) is 44.8. The number of piperidine rings is 1. The molecule has 2 aromatic rings. The molecule has 8 heteroatoms. The first-order valence-electron chi connectivity index (χ1n) is 10.5. The molecule has 0 spiro atoms. The highest BCUT2D eigenvalue weighted by molar-refractivity contribution is 5.95. The Morgan fingerprint density at radius 1 is 1.07 bits per heavy atom. The van der Waals surface area contributed by atoms with E-state index in [1.54, 1.807) is 54.6 Å². The average Bonchev–Trinajstić information content (AvgIpc) is 3.24. The van der Waals surface area contributed by atoms with Crippen molar-refractivity contribution in [1.29, 1.82) is 0 Å². The van der Waals surface area contributed by atoms with Crippen LogP contribution in [0.5, 0.6) is 0 Å². The van der Waals surface area contributed by atoms with Gasteiger partial charge < -0.3 is 14.7 Å². The second-order valence-corrected chi connectivity index (χ2v) is 8.23. The number of carbonyl (C=O) groups is 2. The van der Waals surface area contributed by atoms with Crippen LogP contribution in [-0.4, -0.2) is 76.8 Å². The molecular weight excluding hydrogens is 380 g/mol. The van der Waals surface area contributed by atoms with E-state index in [0.717, 1.165) is 37.6 Å². The number of hydrogen-bond acceptors (Lipinski definition) is 6. The van der Waals surface area contributed by atoms with Gasteiger partial charge in [0.05, 0.1) is 17.2 Å². The number of amides is 2. The van der Waals surface area contributed by atoms with Crippen LogP contribution in [0, 0.1) is 5.92 Å². The second kappa shape index (κ2) is 8.77. The van der Waals surface area contributed by atoms with E-state index in [1.807, 2.05) is 6.07 Å². The molecule has 0 N–H and O–H groups in total. The minimum absolute atomic E-state index is 0.0135. The minimum Gasteiger partial charge on any atom is -0.349 e. The van der Waals surface area contributed by atoms with Crippen molar-refractivity contribution < 1.29 is 9.59 Å².